The average molecular weight is 292 g/mol. The fourth-order valence-electron chi connectivity index (χ4n) is 2.34. The highest BCUT2D eigenvalue weighted by atomic mass is 16.6. The van der Waals surface area contributed by atoms with Crippen molar-refractivity contribution in [1.82, 2.24) is 9.88 Å². The molecule has 0 aromatic carbocycles. The number of carbonyl (C=O) groups is 1. The molecule has 1 amide bonds. The van der Waals surface area contributed by atoms with Gasteiger partial charge in [0.1, 0.15) is 12.0 Å². The van der Waals surface area contributed by atoms with Crippen molar-refractivity contribution < 1.29 is 9.72 Å². The molecule has 0 atom stereocenters. The first kappa shape index (κ1) is 15.2. The third kappa shape index (κ3) is 3.90. The number of piperazine rings is 1. The topological polar surface area (TPSA) is 79.6 Å². The number of aromatic nitrogens is 1. The summed E-state index contributed by atoms with van der Waals surface area (Å²) in [6, 6.07) is 3.12. The van der Waals surface area contributed by atoms with Crippen molar-refractivity contribution in [2.24, 2.45) is 0 Å². The summed E-state index contributed by atoms with van der Waals surface area (Å²) in [5, 5.41) is 10.6. The standard InChI is InChI=1S/C14H20N4O3/c1-2-3-4-14(19)17-9-7-16(8-10-17)13-6-5-12(11-15-13)18(20)21/h5-6,11H,2-4,7-10H2,1H3. The zero-order chi connectivity index (χ0) is 15.2. The van der Waals surface area contributed by atoms with Gasteiger partial charge in [0, 0.05) is 38.7 Å². The Hall–Kier alpha value is -2.18. The molecule has 1 aliphatic heterocycles. The van der Waals surface area contributed by atoms with E-state index in [0.717, 1.165) is 18.7 Å². The summed E-state index contributed by atoms with van der Waals surface area (Å²) < 4.78 is 0. The number of amides is 1. The molecule has 0 saturated carbocycles. The summed E-state index contributed by atoms with van der Waals surface area (Å²) in [7, 11) is 0. The maximum Gasteiger partial charge on any atom is 0.287 e. The fourth-order valence-corrected chi connectivity index (χ4v) is 2.34. The van der Waals surface area contributed by atoms with Crippen LogP contribution in [0.1, 0.15) is 26.2 Å². The molecule has 0 N–H and O–H groups in total. The van der Waals surface area contributed by atoms with Gasteiger partial charge in [-0.25, -0.2) is 4.98 Å². The van der Waals surface area contributed by atoms with E-state index >= 15 is 0 Å². The van der Waals surface area contributed by atoms with E-state index in [2.05, 4.69) is 11.9 Å². The molecule has 1 aromatic rings. The molecule has 2 rings (SSSR count). The molecule has 2 heterocycles. The Labute approximate surface area is 123 Å². The molecule has 1 fully saturated rings. The smallest absolute Gasteiger partial charge is 0.287 e. The minimum Gasteiger partial charge on any atom is -0.353 e. The van der Waals surface area contributed by atoms with E-state index in [-0.39, 0.29) is 11.6 Å². The Morgan fingerprint density at radius 3 is 2.57 bits per heavy atom. The second-order valence-corrected chi connectivity index (χ2v) is 5.10. The van der Waals surface area contributed by atoms with Crippen LogP contribution in [-0.4, -0.2) is 46.9 Å². The van der Waals surface area contributed by atoms with Crippen LogP contribution in [0.25, 0.3) is 0 Å². The van der Waals surface area contributed by atoms with Crippen LogP contribution in [0, 0.1) is 10.1 Å². The normalized spacial score (nSPS) is 15.1. The van der Waals surface area contributed by atoms with Gasteiger partial charge in [-0.1, -0.05) is 13.3 Å². The monoisotopic (exact) mass is 292 g/mol. The van der Waals surface area contributed by atoms with Crippen LogP contribution >= 0.6 is 0 Å². The Kier molecular flexibility index (Phi) is 5.08. The van der Waals surface area contributed by atoms with Crippen LogP contribution in [0.3, 0.4) is 0 Å². The summed E-state index contributed by atoms with van der Waals surface area (Å²) in [5.74, 6) is 0.939. The molecule has 7 heteroatoms. The number of pyridine rings is 1. The summed E-state index contributed by atoms with van der Waals surface area (Å²) in [5.41, 5.74) is -0.00729. The maximum atomic E-state index is 11.9. The Morgan fingerprint density at radius 1 is 1.33 bits per heavy atom. The molecule has 0 spiro atoms. The molecule has 1 saturated heterocycles. The van der Waals surface area contributed by atoms with Crippen molar-refractivity contribution in [3.8, 4) is 0 Å². The van der Waals surface area contributed by atoms with Gasteiger partial charge in [0.25, 0.3) is 5.69 Å². The largest absolute Gasteiger partial charge is 0.353 e. The lowest BCUT2D eigenvalue weighted by Gasteiger charge is -2.35. The molecule has 0 radical (unpaired) electrons. The molecular formula is C14H20N4O3. The first-order valence-electron chi connectivity index (χ1n) is 7.25. The predicted molar refractivity (Wildman–Crippen MR) is 79.2 cm³/mol. The van der Waals surface area contributed by atoms with E-state index in [1.165, 1.54) is 12.3 Å². The van der Waals surface area contributed by atoms with Gasteiger partial charge in [-0.05, 0) is 12.5 Å². The molecule has 0 aliphatic carbocycles. The van der Waals surface area contributed by atoms with Crippen molar-refractivity contribution in [3.05, 3.63) is 28.4 Å². The third-order valence-corrected chi connectivity index (χ3v) is 3.64. The number of rotatable bonds is 5. The van der Waals surface area contributed by atoms with Gasteiger partial charge in [0.05, 0.1) is 4.92 Å². The van der Waals surface area contributed by atoms with E-state index in [0.29, 0.717) is 32.6 Å². The third-order valence-electron chi connectivity index (χ3n) is 3.64. The SMILES string of the molecule is CCCCC(=O)N1CCN(c2ccc([N+](=O)[O-])cn2)CC1. The van der Waals surface area contributed by atoms with Crippen molar-refractivity contribution in [2.75, 3.05) is 31.1 Å². The molecule has 7 nitrogen and oxygen atoms in total. The Morgan fingerprint density at radius 2 is 2.05 bits per heavy atom. The van der Waals surface area contributed by atoms with Gasteiger partial charge in [-0.15, -0.1) is 0 Å². The Balaban J connectivity index is 1.88. The van der Waals surface area contributed by atoms with Crippen LogP contribution in [0.15, 0.2) is 18.3 Å². The van der Waals surface area contributed by atoms with E-state index < -0.39 is 4.92 Å². The molecule has 114 valence electrons. The number of nitrogens with zero attached hydrogens (tertiary/aromatic N) is 4. The second kappa shape index (κ2) is 7.01. The van der Waals surface area contributed by atoms with E-state index in [4.69, 9.17) is 0 Å². The summed E-state index contributed by atoms with van der Waals surface area (Å²) in [6.07, 6.45) is 3.85. The molecule has 0 bridgehead atoms. The molecular weight excluding hydrogens is 272 g/mol. The van der Waals surface area contributed by atoms with Gasteiger partial charge in [-0.3, -0.25) is 14.9 Å². The highest BCUT2D eigenvalue weighted by Gasteiger charge is 2.21. The van der Waals surface area contributed by atoms with Crippen LogP contribution in [0.5, 0.6) is 0 Å². The first-order valence-corrected chi connectivity index (χ1v) is 7.25. The number of nitro groups is 1. The minimum atomic E-state index is -0.457. The van der Waals surface area contributed by atoms with E-state index in [1.807, 2.05) is 9.80 Å². The summed E-state index contributed by atoms with van der Waals surface area (Å²) in [6.45, 7) is 4.86. The molecule has 1 aliphatic rings. The van der Waals surface area contributed by atoms with Crippen LogP contribution in [0.4, 0.5) is 11.5 Å². The summed E-state index contributed by atoms with van der Waals surface area (Å²) >= 11 is 0. The lowest BCUT2D eigenvalue weighted by atomic mass is 10.2. The first-order chi connectivity index (χ1) is 10.1. The van der Waals surface area contributed by atoms with E-state index in [9.17, 15) is 14.9 Å². The number of unbranched alkanes of at least 4 members (excludes halogenated alkanes) is 1. The lowest BCUT2D eigenvalue weighted by Crippen LogP contribution is -2.49. The second-order valence-electron chi connectivity index (χ2n) is 5.10. The molecule has 0 unspecified atom stereocenters. The number of hydrogen-bond acceptors (Lipinski definition) is 5. The highest BCUT2D eigenvalue weighted by Crippen LogP contribution is 2.17. The molecule has 21 heavy (non-hydrogen) atoms. The number of carbonyl (C=O) groups excluding carboxylic acids is 1. The van der Waals surface area contributed by atoms with Crippen molar-refractivity contribution in [3.63, 3.8) is 0 Å². The fraction of sp³-hybridized carbons (Fsp3) is 0.571. The summed E-state index contributed by atoms with van der Waals surface area (Å²) in [4.78, 5) is 30.1. The molecule has 1 aromatic heterocycles. The number of anilines is 1. The average Bonchev–Trinajstić information content (AvgIpc) is 2.53. The van der Waals surface area contributed by atoms with Crippen LogP contribution in [-0.2, 0) is 4.79 Å². The predicted octanol–water partition coefficient (Wildman–Crippen LogP) is 1.83. The van der Waals surface area contributed by atoms with E-state index in [1.54, 1.807) is 6.07 Å². The van der Waals surface area contributed by atoms with Gasteiger partial charge in [-0.2, -0.15) is 0 Å². The van der Waals surface area contributed by atoms with Crippen LogP contribution < -0.4 is 4.90 Å². The van der Waals surface area contributed by atoms with Crippen LogP contribution in [0.2, 0.25) is 0 Å². The maximum absolute atomic E-state index is 11.9. The highest BCUT2D eigenvalue weighted by molar-refractivity contribution is 5.76. The zero-order valence-corrected chi connectivity index (χ0v) is 12.2. The lowest BCUT2D eigenvalue weighted by molar-refractivity contribution is -0.385. The zero-order valence-electron chi connectivity index (χ0n) is 12.2. The van der Waals surface area contributed by atoms with Crippen molar-refractivity contribution >= 4 is 17.4 Å². The van der Waals surface area contributed by atoms with Gasteiger partial charge < -0.3 is 9.80 Å². The van der Waals surface area contributed by atoms with Gasteiger partial charge in [0.15, 0.2) is 0 Å². The van der Waals surface area contributed by atoms with Crippen molar-refractivity contribution in [2.45, 2.75) is 26.2 Å². The number of hydrogen-bond donors (Lipinski definition) is 0. The Bertz CT molecular complexity index is 495. The quantitative estimate of drug-likeness (QED) is 0.611. The van der Waals surface area contributed by atoms with Crippen molar-refractivity contribution in [1.29, 1.82) is 0 Å². The van der Waals surface area contributed by atoms with Gasteiger partial charge >= 0.3 is 0 Å². The minimum absolute atomic E-state index is 0.00729. The van der Waals surface area contributed by atoms with Gasteiger partial charge in [0.2, 0.25) is 5.91 Å².